The van der Waals surface area contributed by atoms with Crippen molar-refractivity contribution in [3.05, 3.63) is 30.5 Å². The molecule has 4 N–H and O–H groups in total. The van der Waals surface area contributed by atoms with E-state index in [9.17, 15) is 5.21 Å². The molecule has 1 aliphatic heterocycles. The fourth-order valence-corrected chi connectivity index (χ4v) is 4.21. The van der Waals surface area contributed by atoms with E-state index in [1.54, 1.807) is 45.7 Å². The third kappa shape index (κ3) is 5.96. The summed E-state index contributed by atoms with van der Waals surface area (Å²) in [4.78, 5) is 13.6. The molecule has 0 spiro atoms. The molecule has 186 valence electrons. The van der Waals surface area contributed by atoms with E-state index in [2.05, 4.69) is 30.9 Å². The van der Waals surface area contributed by atoms with Crippen molar-refractivity contribution < 1.29 is 24.1 Å². The average molecular weight is 501 g/mol. The number of hydrogen-bond acceptors (Lipinski definition) is 9. The van der Waals surface area contributed by atoms with Crippen molar-refractivity contribution in [3.63, 3.8) is 0 Å². The van der Waals surface area contributed by atoms with E-state index in [-0.39, 0.29) is 10.7 Å². The van der Waals surface area contributed by atoms with Gasteiger partial charge >= 0.3 is 0 Å². The Morgan fingerprint density at radius 3 is 2.31 bits per heavy atom. The molecule has 0 radical (unpaired) electrons. The van der Waals surface area contributed by atoms with Gasteiger partial charge in [0.15, 0.2) is 28.1 Å². The van der Waals surface area contributed by atoms with Gasteiger partial charge in [0.05, 0.1) is 34.6 Å². The van der Waals surface area contributed by atoms with E-state index >= 15 is 0 Å². The Hall–Kier alpha value is -3.48. The normalized spacial score (nSPS) is 19.6. The van der Waals surface area contributed by atoms with Crippen LogP contribution in [0.2, 0.25) is 0 Å². The predicted octanol–water partition coefficient (Wildman–Crippen LogP) is 3.08. The molecule has 2 aromatic heterocycles. The number of quaternary nitrogens is 1. The Bertz CT molecular complexity index is 1190. The molecule has 3 aromatic rings. The van der Waals surface area contributed by atoms with Gasteiger partial charge in [0.25, 0.3) is 0 Å². The van der Waals surface area contributed by atoms with Crippen LogP contribution in [0.4, 0.5) is 17.3 Å². The number of anilines is 3. The van der Waals surface area contributed by atoms with Gasteiger partial charge in [0, 0.05) is 36.7 Å². The average Bonchev–Trinajstić information content (AvgIpc) is 2.84. The number of fused-ring (bicyclic) bond motifs is 1. The summed E-state index contributed by atoms with van der Waals surface area (Å²) >= 11 is 5.46. The van der Waals surface area contributed by atoms with Gasteiger partial charge < -0.3 is 30.2 Å². The zero-order valence-corrected chi connectivity index (χ0v) is 21.0. The van der Waals surface area contributed by atoms with Gasteiger partial charge in [-0.25, -0.2) is 20.2 Å². The predicted molar refractivity (Wildman–Crippen MR) is 137 cm³/mol. The maximum absolute atomic E-state index is 10.1. The molecule has 0 aliphatic carbocycles. The van der Waals surface area contributed by atoms with Crippen molar-refractivity contribution in [2.24, 2.45) is 0 Å². The lowest BCUT2D eigenvalue weighted by atomic mass is 10.1. The third-order valence-corrected chi connectivity index (χ3v) is 6.06. The van der Waals surface area contributed by atoms with E-state index in [0.29, 0.717) is 63.9 Å². The van der Waals surface area contributed by atoms with E-state index < -0.39 is 0 Å². The van der Waals surface area contributed by atoms with Gasteiger partial charge in [0.1, 0.15) is 24.4 Å². The zero-order chi connectivity index (χ0) is 25.0. The summed E-state index contributed by atoms with van der Waals surface area (Å²) < 4.78 is 16.2. The van der Waals surface area contributed by atoms with Crippen LogP contribution in [0.1, 0.15) is 12.8 Å². The van der Waals surface area contributed by atoms with Crippen LogP contribution < -0.4 is 30.2 Å². The summed E-state index contributed by atoms with van der Waals surface area (Å²) in [5.41, 5.74) is 1.80. The Labute approximate surface area is 209 Å². The molecule has 3 heterocycles. The van der Waals surface area contributed by atoms with Gasteiger partial charge in [-0.2, -0.15) is 4.65 Å². The number of ether oxygens (including phenoxy) is 3. The molecule has 12 heteroatoms. The maximum atomic E-state index is 10.1. The number of pyridine rings is 1. The highest BCUT2D eigenvalue weighted by Crippen LogP contribution is 2.40. The molecule has 0 unspecified atom stereocenters. The second-order valence-corrected chi connectivity index (χ2v) is 8.90. The van der Waals surface area contributed by atoms with Crippen LogP contribution in [0, 0.1) is 0 Å². The highest BCUT2D eigenvalue weighted by Gasteiger charge is 2.29. The summed E-state index contributed by atoms with van der Waals surface area (Å²) in [6.07, 6.45) is 3.30. The van der Waals surface area contributed by atoms with Crippen molar-refractivity contribution in [2.45, 2.75) is 18.9 Å². The minimum atomic E-state index is 0.0513. The standard InChI is InChI=1S/C23H29N7O4S/c1-30(31)9-7-14(8-10-30)26-23(35)29-19-6-5-16-22(27-19)28-20(13-24-16)25-15-11-17(32-2)21(34-4)18(12-15)33-3/h5-6,11-14,31H,7-10H2,1-4H3,(H2-,25,26,27,28,29,35)/p+1. The van der Waals surface area contributed by atoms with Crippen molar-refractivity contribution in [1.29, 1.82) is 0 Å². The molecule has 35 heavy (non-hydrogen) atoms. The Balaban J connectivity index is 1.47. The van der Waals surface area contributed by atoms with Gasteiger partial charge in [-0.1, -0.05) is 0 Å². The minimum Gasteiger partial charge on any atom is -0.493 e. The lowest BCUT2D eigenvalue weighted by molar-refractivity contribution is -1.09. The number of benzene rings is 1. The number of nitrogens with zero attached hydrogens (tertiary/aromatic N) is 4. The summed E-state index contributed by atoms with van der Waals surface area (Å²) in [6.45, 7) is 1.37. The summed E-state index contributed by atoms with van der Waals surface area (Å²) in [5, 5.41) is 20.2. The molecule has 0 atom stereocenters. The molecule has 0 amide bonds. The SMILES string of the molecule is COc1cc(Nc2cnc3ccc(NC(=S)NC4CC[N+](C)(O)CC4)nc3n2)cc(OC)c1OC. The Morgan fingerprint density at radius 1 is 1.03 bits per heavy atom. The first-order chi connectivity index (χ1) is 16.8. The van der Waals surface area contributed by atoms with E-state index in [1.165, 1.54) is 0 Å². The first-order valence-electron chi connectivity index (χ1n) is 11.2. The molecular weight excluding hydrogens is 470 g/mol. The number of nitrogens with one attached hydrogen (secondary N) is 3. The van der Waals surface area contributed by atoms with Crippen LogP contribution in [0.5, 0.6) is 17.2 Å². The van der Waals surface area contributed by atoms with Crippen LogP contribution in [-0.2, 0) is 0 Å². The van der Waals surface area contributed by atoms with Crippen LogP contribution in [0.3, 0.4) is 0 Å². The van der Waals surface area contributed by atoms with Crippen LogP contribution in [-0.4, -0.2) is 77.4 Å². The van der Waals surface area contributed by atoms with Crippen LogP contribution in [0.25, 0.3) is 11.2 Å². The number of aromatic nitrogens is 3. The number of hydrogen-bond donors (Lipinski definition) is 4. The monoisotopic (exact) mass is 500 g/mol. The fourth-order valence-electron chi connectivity index (χ4n) is 3.93. The highest BCUT2D eigenvalue weighted by atomic mass is 32.1. The minimum absolute atomic E-state index is 0.0513. The molecule has 11 nitrogen and oxygen atoms in total. The van der Waals surface area contributed by atoms with Crippen molar-refractivity contribution in [1.82, 2.24) is 20.3 Å². The molecule has 4 rings (SSSR count). The molecule has 1 saturated heterocycles. The maximum Gasteiger partial charge on any atom is 0.203 e. The first-order valence-corrected chi connectivity index (χ1v) is 11.6. The van der Waals surface area contributed by atoms with Crippen LogP contribution >= 0.6 is 12.2 Å². The molecule has 1 aromatic carbocycles. The third-order valence-electron chi connectivity index (χ3n) is 5.84. The molecule has 0 saturated carbocycles. The highest BCUT2D eigenvalue weighted by molar-refractivity contribution is 7.80. The number of piperidine rings is 1. The summed E-state index contributed by atoms with van der Waals surface area (Å²) in [7, 11) is 6.49. The number of likely N-dealkylation sites (tertiary alicyclic amines) is 1. The summed E-state index contributed by atoms with van der Waals surface area (Å²) in [6, 6.07) is 7.42. The van der Waals surface area contributed by atoms with Crippen molar-refractivity contribution in [2.75, 3.05) is 52.1 Å². The Kier molecular flexibility index (Phi) is 7.34. The lowest BCUT2D eigenvalue weighted by Crippen LogP contribution is -2.52. The van der Waals surface area contributed by atoms with Crippen molar-refractivity contribution in [3.8, 4) is 17.2 Å². The number of thiocarbonyl (C=S) groups is 1. The zero-order valence-electron chi connectivity index (χ0n) is 20.2. The molecular formula is C23H30N7O4S+. The largest absolute Gasteiger partial charge is 0.493 e. The van der Waals surface area contributed by atoms with Gasteiger partial charge in [-0.05, 0) is 24.4 Å². The smallest absolute Gasteiger partial charge is 0.203 e. The molecule has 1 aliphatic rings. The van der Waals surface area contributed by atoms with Gasteiger partial charge in [-0.15, -0.1) is 0 Å². The first kappa shape index (κ1) is 24.6. The summed E-state index contributed by atoms with van der Waals surface area (Å²) in [5.74, 6) is 2.62. The fraction of sp³-hybridized carbons (Fsp3) is 0.391. The van der Waals surface area contributed by atoms with E-state index in [4.69, 9.17) is 26.4 Å². The lowest BCUT2D eigenvalue weighted by Gasteiger charge is -2.34. The van der Waals surface area contributed by atoms with Crippen molar-refractivity contribution >= 4 is 45.8 Å². The van der Waals surface area contributed by atoms with Gasteiger partial charge in [0.2, 0.25) is 5.75 Å². The van der Waals surface area contributed by atoms with Crippen LogP contribution in [0.15, 0.2) is 30.5 Å². The molecule has 0 bridgehead atoms. The molecule has 1 fully saturated rings. The second-order valence-electron chi connectivity index (χ2n) is 8.49. The Morgan fingerprint density at radius 2 is 1.69 bits per heavy atom. The number of methoxy groups -OCH3 is 3. The quantitative estimate of drug-likeness (QED) is 0.283. The second kappa shape index (κ2) is 10.4. The topological polar surface area (TPSA) is 123 Å². The number of rotatable bonds is 7. The number of hydroxylamine groups is 3. The van der Waals surface area contributed by atoms with Gasteiger partial charge in [-0.3, -0.25) is 0 Å². The van der Waals surface area contributed by atoms with E-state index in [0.717, 1.165) is 12.8 Å². The van der Waals surface area contributed by atoms with E-state index in [1.807, 2.05) is 13.1 Å².